The van der Waals surface area contributed by atoms with Crippen LogP contribution in [0.3, 0.4) is 0 Å². The summed E-state index contributed by atoms with van der Waals surface area (Å²) >= 11 is 0. The number of hydrogen-bond acceptors (Lipinski definition) is 0. The van der Waals surface area contributed by atoms with Crippen molar-refractivity contribution in [1.82, 2.24) is 0 Å². The summed E-state index contributed by atoms with van der Waals surface area (Å²) in [6.07, 6.45) is 2.51. The van der Waals surface area contributed by atoms with Crippen molar-refractivity contribution in [3.63, 3.8) is 0 Å². The van der Waals surface area contributed by atoms with Crippen LogP contribution in [0.25, 0.3) is 0 Å². The number of benzene rings is 1. The normalized spacial score (nSPS) is 10.5. The molecule has 0 unspecified atom stereocenters. The second-order valence-corrected chi connectivity index (χ2v) is 4.45. The molecule has 0 bridgehead atoms. The number of aryl methyl sites for hydroxylation is 1. The molecule has 1 rings (SSSR count). The van der Waals surface area contributed by atoms with Crippen LogP contribution in [0, 0.1) is 6.92 Å². The maximum absolute atomic E-state index is 2.33. The maximum Gasteiger partial charge on any atom is -0.0101 e. The van der Waals surface area contributed by atoms with Gasteiger partial charge >= 0.3 is 0 Å². The average Bonchev–Trinajstić information content (AvgIpc) is 2.21. The SMILES string of the molecule is CC.CCCC(C)(C)c1ccccc1C. The van der Waals surface area contributed by atoms with E-state index in [-0.39, 0.29) is 0 Å². The molecule has 0 aromatic heterocycles. The van der Waals surface area contributed by atoms with Crippen molar-refractivity contribution >= 4 is 0 Å². The second kappa shape index (κ2) is 6.66. The van der Waals surface area contributed by atoms with Crippen LogP contribution in [0.2, 0.25) is 0 Å². The molecule has 0 nitrogen and oxygen atoms in total. The lowest BCUT2D eigenvalue weighted by molar-refractivity contribution is 0.471. The van der Waals surface area contributed by atoms with Gasteiger partial charge in [-0.05, 0) is 29.9 Å². The Labute approximate surface area is 95.7 Å². The Balaban J connectivity index is 0.000000921. The minimum atomic E-state index is 0.333. The monoisotopic (exact) mass is 206 g/mol. The van der Waals surface area contributed by atoms with Crippen LogP contribution in [0.1, 0.15) is 58.6 Å². The molecule has 86 valence electrons. The molecule has 0 radical (unpaired) electrons. The number of hydrogen-bond donors (Lipinski definition) is 0. The first-order valence-corrected chi connectivity index (χ1v) is 6.14. The summed E-state index contributed by atoms with van der Waals surface area (Å²) in [5, 5.41) is 0. The van der Waals surface area contributed by atoms with E-state index in [4.69, 9.17) is 0 Å². The molecule has 0 heterocycles. The first-order valence-electron chi connectivity index (χ1n) is 6.14. The smallest absolute Gasteiger partial charge is 0.0101 e. The largest absolute Gasteiger partial charge is 0.0683 e. The van der Waals surface area contributed by atoms with Crippen LogP contribution >= 0.6 is 0 Å². The zero-order valence-corrected chi connectivity index (χ0v) is 11.2. The summed E-state index contributed by atoms with van der Waals surface area (Å²) in [6, 6.07) is 8.71. The predicted molar refractivity (Wildman–Crippen MR) is 70.5 cm³/mol. The fraction of sp³-hybridized carbons (Fsp3) is 0.600. The number of rotatable bonds is 3. The van der Waals surface area contributed by atoms with Gasteiger partial charge in [0.2, 0.25) is 0 Å². The van der Waals surface area contributed by atoms with E-state index in [0.717, 1.165) is 0 Å². The topological polar surface area (TPSA) is 0 Å². The van der Waals surface area contributed by atoms with Crippen molar-refractivity contribution < 1.29 is 0 Å². The fourth-order valence-electron chi connectivity index (χ4n) is 2.09. The molecule has 0 atom stereocenters. The average molecular weight is 206 g/mol. The van der Waals surface area contributed by atoms with E-state index in [1.165, 1.54) is 24.0 Å². The molecular formula is C15H26. The Bertz CT molecular complexity index is 271. The zero-order valence-electron chi connectivity index (χ0n) is 11.2. The van der Waals surface area contributed by atoms with Crippen molar-refractivity contribution in [2.24, 2.45) is 0 Å². The van der Waals surface area contributed by atoms with Gasteiger partial charge < -0.3 is 0 Å². The van der Waals surface area contributed by atoms with Crippen molar-refractivity contribution in [2.45, 2.75) is 59.8 Å². The Morgan fingerprint density at radius 2 is 1.60 bits per heavy atom. The minimum absolute atomic E-state index is 0.333. The molecule has 0 aliphatic heterocycles. The summed E-state index contributed by atoms with van der Waals surface area (Å²) in [4.78, 5) is 0. The van der Waals surface area contributed by atoms with Gasteiger partial charge in [-0.3, -0.25) is 0 Å². The summed E-state index contributed by atoms with van der Waals surface area (Å²) in [6.45, 7) is 13.1. The molecule has 1 aromatic carbocycles. The van der Waals surface area contributed by atoms with E-state index >= 15 is 0 Å². The fourth-order valence-corrected chi connectivity index (χ4v) is 2.09. The van der Waals surface area contributed by atoms with Crippen LogP contribution < -0.4 is 0 Å². The predicted octanol–water partition coefficient (Wildman–Crippen LogP) is 5.10. The van der Waals surface area contributed by atoms with Crippen molar-refractivity contribution in [1.29, 1.82) is 0 Å². The van der Waals surface area contributed by atoms with Crippen LogP contribution in [-0.4, -0.2) is 0 Å². The first-order chi connectivity index (χ1) is 7.08. The van der Waals surface area contributed by atoms with E-state index in [1.54, 1.807) is 0 Å². The van der Waals surface area contributed by atoms with Gasteiger partial charge in [0.25, 0.3) is 0 Å². The third-order valence-corrected chi connectivity index (χ3v) is 2.75. The van der Waals surface area contributed by atoms with E-state index in [1.807, 2.05) is 13.8 Å². The Morgan fingerprint density at radius 3 is 2.07 bits per heavy atom. The summed E-state index contributed by atoms with van der Waals surface area (Å²) < 4.78 is 0. The Kier molecular flexibility index (Phi) is 6.31. The summed E-state index contributed by atoms with van der Waals surface area (Å²) in [5.74, 6) is 0. The molecule has 1 aromatic rings. The highest BCUT2D eigenvalue weighted by Crippen LogP contribution is 2.30. The Hall–Kier alpha value is -0.780. The molecule has 0 saturated carbocycles. The van der Waals surface area contributed by atoms with Gasteiger partial charge in [0, 0.05) is 0 Å². The molecular weight excluding hydrogens is 180 g/mol. The quantitative estimate of drug-likeness (QED) is 0.645. The van der Waals surface area contributed by atoms with Gasteiger partial charge in [0.05, 0.1) is 0 Å². The lowest BCUT2D eigenvalue weighted by atomic mass is 9.79. The highest BCUT2D eigenvalue weighted by Gasteiger charge is 2.20. The second-order valence-electron chi connectivity index (χ2n) is 4.45. The molecule has 0 amide bonds. The standard InChI is InChI=1S/C13H20.C2H6/c1-5-10-13(3,4)12-9-7-6-8-11(12)2;1-2/h6-9H,5,10H2,1-4H3;1-2H3. The van der Waals surface area contributed by atoms with Gasteiger partial charge in [-0.25, -0.2) is 0 Å². The molecule has 15 heavy (non-hydrogen) atoms. The first kappa shape index (κ1) is 14.2. The lowest BCUT2D eigenvalue weighted by Crippen LogP contribution is -2.17. The Morgan fingerprint density at radius 1 is 1.07 bits per heavy atom. The van der Waals surface area contributed by atoms with E-state index in [0.29, 0.717) is 5.41 Å². The van der Waals surface area contributed by atoms with Gasteiger partial charge in [0.1, 0.15) is 0 Å². The van der Waals surface area contributed by atoms with Crippen LogP contribution in [-0.2, 0) is 5.41 Å². The molecule has 0 aliphatic rings. The molecule has 0 aliphatic carbocycles. The highest BCUT2D eigenvalue weighted by molar-refractivity contribution is 5.31. The zero-order chi connectivity index (χ0) is 11.9. The van der Waals surface area contributed by atoms with Gasteiger partial charge in [0.15, 0.2) is 0 Å². The lowest BCUT2D eigenvalue weighted by Gasteiger charge is -2.26. The van der Waals surface area contributed by atoms with Crippen molar-refractivity contribution in [3.05, 3.63) is 35.4 Å². The molecule has 0 fully saturated rings. The highest BCUT2D eigenvalue weighted by atomic mass is 14.2. The van der Waals surface area contributed by atoms with Crippen molar-refractivity contribution in [3.8, 4) is 0 Å². The summed E-state index contributed by atoms with van der Waals surface area (Å²) in [5.41, 5.74) is 3.25. The van der Waals surface area contributed by atoms with E-state index in [9.17, 15) is 0 Å². The van der Waals surface area contributed by atoms with E-state index in [2.05, 4.69) is 52.0 Å². The van der Waals surface area contributed by atoms with Crippen LogP contribution in [0.4, 0.5) is 0 Å². The van der Waals surface area contributed by atoms with Gasteiger partial charge in [-0.15, -0.1) is 0 Å². The molecule has 0 heteroatoms. The van der Waals surface area contributed by atoms with Gasteiger partial charge in [-0.1, -0.05) is 65.3 Å². The third kappa shape index (κ3) is 4.07. The third-order valence-electron chi connectivity index (χ3n) is 2.75. The van der Waals surface area contributed by atoms with E-state index < -0.39 is 0 Å². The molecule has 0 spiro atoms. The van der Waals surface area contributed by atoms with Crippen molar-refractivity contribution in [2.75, 3.05) is 0 Å². The summed E-state index contributed by atoms with van der Waals surface area (Å²) in [7, 11) is 0. The van der Waals surface area contributed by atoms with Crippen LogP contribution in [0.5, 0.6) is 0 Å². The molecule has 0 saturated heterocycles. The van der Waals surface area contributed by atoms with Gasteiger partial charge in [-0.2, -0.15) is 0 Å². The maximum atomic E-state index is 2.33. The molecule has 0 N–H and O–H groups in total. The minimum Gasteiger partial charge on any atom is -0.0683 e. The van der Waals surface area contributed by atoms with Crippen LogP contribution in [0.15, 0.2) is 24.3 Å².